The molecule has 0 unspecified atom stereocenters. The Balaban J connectivity index is 2.01. The van der Waals surface area contributed by atoms with Crippen molar-refractivity contribution in [3.63, 3.8) is 0 Å². The number of sulfonamides is 1. The van der Waals surface area contributed by atoms with Crippen LogP contribution in [0.15, 0.2) is 41.4 Å². The lowest BCUT2D eigenvalue weighted by Crippen LogP contribution is -2.48. The third-order valence-corrected chi connectivity index (χ3v) is 6.33. The number of nitrogens with one attached hydrogen (secondary N) is 1. The van der Waals surface area contributed by atoms with Gasteiger partial charge in [-0.05, 0) is 19.4 Å². The molecule has 1 fully saturated rings. The second kappa shape index (κ2) is 6.43. The van der Waals surface area contributed by atoms with Gasteiger partial charge in [0.05, 0.1) is 17.9 Å². The van der Waals surface area contributed by atoms with Crippen molar-refractivity contribution in [1.82, 2.24) is 19.4 Å². The molecule has 124 valence electrons. The van der Waals surface area contributed by atoms with Crippen molar-refractivity contribution in [2.45, 2.75) is 31.3 Å². The Hall–Kier alpha value is -1.70. The molecule has 0 spiro atoms. The number of aromatic nitrogens is 2. The molecule has 2 heterocycles. The zero-order valence-corrected chi connectivity index (χ0v) is 14.3. The quantitative estimate of drug-likeness (QED) is 0.921. The van der Waals surface area contributed by atoms with Gasteiger partial charge in [0, 0.05) is 26.2 Å². The highest BCUT2D eigenvalue weighted by Crippen LogP contribution is 2.29. The molecule has 23 heavy (non-hydrogen) atoms. The highest BCUT2D eigenvalue weighted by atomic mass is 32.2. The fourth-order valence-corrected chi connectivity index (χ4v) is 4.84. The molecule has 1 aromatic heterocycles. The molecule has 0 saturated carbocycles. The van der Waals surface area contributed by atoms with Crippen LogP contribution in [0, 0.1) is 6.92 Å². The van der Waals surface area contributed by atoms with Crippen molar-refractivity contribution in [1.29, 1.82) is 0 Å². The Morgan fingerprint density at radius 3 is 2.70 bits per heavy atom. The Morgan fingerprint density at radius 1 is 1.30 bits per heavy atom. The monoisotopic (exact) mass is 334 g/mol. The molecule has 3 rings (SSSR count). The van der Waals surface area contributed by atoms with E-state index in [1.54, 1.807) is 8.99 Å². The highest BCUT2D eigenvalue weighted by Gasteiger charge is 2.36. The number of hydrogen-bond acceptors (Lipinski definition) is 4. The largest absolute Gasteiger partial charge is 0.313 e. The van der Waals surface area contributed by atoms with Crippen LogP contribution in [0.1, 0.15) is 24.2 Å². The normalized spacial score (nSPS) is 19.8. The molecule has 1 aromatic carbocycles. The van der Waals surface area contributed by atoms with Gasteiger partial charge in [-0.3, -0.25) is 4.68 Å². The Kier molecular flexibility index (Phi) is 4.52. The van der Waals surface area contributed by atoms with Crippen molar-refractivity contribution in [2.24, 2.45) is 0 Å². The third-order valence-electron chi connectivity index (χ3n) is 4.32. The predicted octanol–water partition coefficient (Wildman–Crippen LogP) is 1.55. The summed E-state index contributed by atoms with van der Waals surface area (Å²) in [6.45, 7) is 6.15. The summed E-state index contributed by atoms with van der Waals surface area (Å²) in [6.07, 6.45) is 1.47. The van der Waals surface area contributed by atoms with E-state index in [1.807, 2.05) is 44.2 Å². The summed E-state index contributed by atoms with van der Waals surface area (Å²) in [7, 11) is -3.57. The van der Waals surface area contributed by atoms with Gasteiger partial charge in [-0.1, -0.05) is 30.3 Å². The summed E-state index contributed by atoms with van der Waals surface area (Å²) < 4.78 is 29.6. The second-order valence-corrected chi connectivity index (χ2v) is 7.52. The van der Waals surface area contributed by atoms with Crippen LogP contribution in [-0.4, -0.2) is 42.1 Å². The Labute approximate surface area is 137 Å². The summed E-state index contributed by atoms with van der Waals surface area (Å²) in [6, 6.07) is 9.57. The van der Waals surface area contributed by atoms with E-state index in [0.29, 0.717) is 36.8 Å². The minimum Gasteiger partial charge on any atom is -0.313 e. The van der Waals surface area contributed by atoms with Crippen LogP contribution >= 0.6 is 0 Å². The number of rotatable bonds is 4. The molecule has 0 bridgehead atoms. The number of piperazine rings is 1. The van der Waals surface area contributed by atoms with Crippen LogP contribution in [-0.2, 0) is 16.6 Å². The van der Waals surface area contributed by atoms with E-state index in [-0.39, 0.29) is 6.04 Å². The molecule has 0 aliphatic carbocycles. The van der Waals surface area contributed by atoms with E-state index < -0.39 is 10.0 Å². The maximum atomic E-state index is 13.2. The standard InChI is InChI=1S/C16H22N4O2S/c1-3-19-13(2)16(12-18-19)23(21,22)20-10-9-17-11-15(20)14-7-5-4-6-8-14/h4-8,12,15,17H,3,9-11H2,1-2H3/t15-/m0/s1. The molecular formula is C16H22N4O2S. The van der Waals surface area contributed by atoms with E-state index >= 15 is 0 Å². The van der Waals surface area contributed by atoms with Gasteiger partial charge in [-0.15, -0.1) is 0 Å². The van der Waals surface area contributed by atoms with Gasteiger partial charge in [0.1, 0.15) is 4.90 Å². The lowest BCUT2D eigenvalue weighted by Gasteiger charge is -2.35. The van der Waals surface area contributed by atoms with E-state index in [2.05, 4.69) is 10.4 Å². The van der Waals surface area contributed by atoms with Gasteiger partial charge in [-0.2, -0.15) is 9.40 Å². The molecule has 1 aliphatic heterocycles. The lowest BCUT2D eigenvalue weighted by atomic mass is 10.1. The number of nitrogens with zero attached hydrogens (tertiary/aromatic N) is 3. The van der Waals surface area contributed by atoms with Gasteiger partial charge >= 0.3 is 0 Å². The van der Waals surface area contributed by atoms with E-state index in [9.17, 15) is 8.42 Å². The smallest absolute Gasteiger partial charge is 0.247 e. The molecule has 6 nitrogen and oxygen atoms in total. The van der Waals surface area contributed by atoms with Crippen LogP contribution < -0.4 is 5.32 Å². The molecule has 0 radical (unpaired) electrons. The first kappa shape index (κ1) is 16.2. The number of aryl methyl sites for hydroxylation is 1. The summed E-state index contributed by atoms with van der Waals surface area (Å²) in [5.41, 5.74) is 1.70. The molecular weight excluding hydrogens is 312 g/mol. The number of hydrogen-bond donors (Lipinski definition) is 1. The minimum absolute atomic E-state index is 0.195. The van der Waals surface area contributed by atoms with Gasteiger partial charge in [0.2, 0.25) is 10.0 Å². The molecule has 0 amide bonds. The van der Waals surface area contributed by atoms with Gasteiger partial charge < -0.3 is 5.32 Å². The van der Waals surface area contributed by atoms with Crippen LogP contribution in [0.2, 0.25) is 0 Å². The summed E-state index contributed by atoms with van der Waals surface area (Å²) in [5, 5.41) is 7.48. The molecule has 1 N–H and O–H groups in total. The Bertz CT molecular complexity index is 771. The van der Waals surface area contributed by atoms with Crippen molar-refractivity contribution >= 4 is 10.0 Å². The van der Waals surface area contributed by atoms with Crippen LogP contribution in [0.25, 0.3) is 0 Å². The zero-order chi connectivity index (χ0) is 16.4. The molecule has 1 saturated heterocycles. The lowest BCUT2D eigenvalue weighted by molar-refractivity contribution is 0.271. The zero-order valence-electron chi connectivity index (χ0n) is 13.4. The third kappa shape index (κ3) is 2.91. The summed E-state index contributed by atoms with van der Waals surface area (Å²) >= 11 is 0. The first-order chi connectivity index (χ1) is 11.1. The average molecular weight is 334 g/mol. The first-order valence-electron chi connectivity index (χ1n) is 7.85. The summed E-state index contributed by atoms with van der Waals surface area (Å²) in [4.78, 5) is 0.308. The predicted molar refractivity (Wildman–Crippen MR) is 88.6 cm³/mol. The average Bonchev–Trinajstić information content (AvgIpc) is 2.97. The number of benzene rings is 1. The second-order valence-electron chi connectivity index (χ2n) is 5.66. The van der Waals surface area contributed by atoms with Gasteiger partial charge in [-0.25, -0.2) is 8.42 Å². The minimum atomic E-state index is -3.57. The maximum Gasteiger partial charge on any atom is 0.247 e. The molecule has 1 aliphatic rings. The van der Waals surface area contributed by atoms with Crippen LogP contribution in [0.3, 0.4) is 0 Å². The molecule has 7 heteroatoms. The van der Waals surface area contributed by atoms with Crippen LogP contribution in [0.5, 0.6) is 0 Å². The van der Waals surface area contributed by atoms with Crippen molar-refractivity contribution < 1.29 is 8.42 Å². The Morgan fingerprint density at radius 2 is 2.04 bits per heavy atom. The molecule has 2 aromatic rings. The fraction of sp³-hybridized carbons (Fsp3) is 0.438. The van der Waals surface area contributed by atoms with E-state index in [1.165, 1.54) is 6.20 Å². The SMILES string of the molecule is CCn1ncc(S(=O)(=O)N2CCNC[C@H]2c2ccccc2)c1C. The fourth-order valence-electron chi connectivity index (χ4n) is 3.06. The van der Waals surface area contributed by atoms with Crippen LogP contribution in [0.4, 0.5) is 0 Å². The van der Waals surface area contributed by atoms with Crippen molar-refractivity contribution in [3.05, 3.63) is 47.8 Å². The highest BCUT2D eigenvalue weighted by molar-refractivity contribution is 7.89. The van der Waals surface area contributed by atoms with Crippen molar-refractivity contribution in [2.75, 3.05) is 19.6 Å². The molecule has 1 atom stereocenters. The van der Waals surface area contributed by atoms with Gasteiger partial charge in [0.25, 0.3) is 0 Å². The maximum absolute atomic E-state index is 13.2. The first-order valence-corrected chi connectivity index (χ1v) is 9.29. The van der Waals surface area contributed by atoms with E-state index in [4.69, 9.17) is 0 Å². The summed E-state index contributed by atoms with van der Waals surface area (Å²) in [5.74, 6) is 0. The van der Waals surface area contributed by atoms with E-state index in [0.717, 1.165) is 5.56 Å². The van der Waals surface area contributed by atoms with Crippen molar-refractivity contribution in [3.8, 4) is 0 Å². The van der Waals surface area contributed by atoms with Gasteiger partial charge in [0.15, 0.2) is 0 Å². The topological polar surface area (TPSA) is 67.2 Å².